The number of H-pyrrole nitrogens is 1. The third kappa shape index (κ3) is 6.84. The number of amides is 2. The van der Waals surface area contributed by atoms with Crippen LogP contribution in [0.3, 0.4) is 0 Å². The monoisotopic (exact) mass is 596 g/mol. The van der Waals surface area contributed by atoms with Crippen LogP contribution in [0.25, 0.3) is 0 Å². The Hall–Kier alpha value is -3.57. The van der Waals surface area contributed by atoms with E-state index in [0.29, 0.717) is 11.4 Å². The molecule has 2 aliphatic heterocycles. The average Bonchev–Trinajstić information content (AvgIpc) is 3.25. The van der Waals surface area contributed by atoms with Gasteiger partial charge in [0, 0.05) is 30.9 Å². The maximum atomic E-state index is 12.7. The lowest BCUT2D eigenvalue weighted by atomic mass is 10.0. The molecule has 2 aromatic rings. The van der Waals surface area contributed by atoms with E-state index in [1.807, 2.05) is 4.98 Å². The van der Waals surface area contributed by atoms with E-state index in [2.05, 4.69) is 5.32 Å². The van der Waals surface area contributed by atoms with E-state index in [4.69, 9.17) is 36.3 Å². The molecule has 1 aromatic carbocycles. The summed E-state index contributed by atoms with van der Waals surface area (Å²) in [4.78, 5) is 50.9. The summed E-state index contributed by atoms with van der Waals surface area (Å²) in [6.07, 6.45) is -10.1. The third-order valence-corrected chi connectivity index (χ3v) is 6.79. The lowest BCUT2D eigenvalue weighted by Crippen LogP contribution is -2.54. The number of aromatic nitrogens is 2. The van der Waals surface area contributed by atoms with Gasteiger partial charge in [-0.3, -0.25) is 23.9 Å². The van der Waals surface area contributed by atoms with Gasteiger partial charge in [-0.15, -0.1) is 0 Å². The summed E-state index contributed by atoms with van der Waals surface area (Å²) >= 11 is 5.87. The van der Waals surface area contributed by atoms with E-state index in [1.54, 1.807) is 24.3 Å². The van der Waals surface area contributed by atoms with Gasteiger partial charge in [0.25, 0.3) is 11.5 Å². The van der Waals surface area contributed by atoms with E-state index in [9.17, 15) is 34.5 Å². The summed E-state index contributed by atoms with van der Waals surface area (Å²) in [7, 11) is 1.20. The summed E-state index contributed by atoms with van der Waals surface area (Å²) in [5, 5.41) is 34.8. The molecule has 41 heavy (non-hydrogen) atoms. The Kier molecular flexibility index (Phi) is 9.60. The molecule has 0 bridgehead atoms. The number of hydrogen-bond acceptors (Lipinski definition) is 11. The zero-order chi connectivity index (χ0) is 29.8. The number of aliphatic hydroxyl groups excluding tert-OH is 3. The van der Waals surface area contributed by atoms with Gasteiger partial charge >= 0.3 is 5.69 Å². The van der Waals surface area contributed by atoms with Crippen molar-refractivity contribution in [3.8, 4) is 0 Å². The number of ether oxygens (including phenoxy) is 4. The van der Waals surface area contributed by atoms with Gasteiger partial charge in [-0.05, 0) is 30.2 Å². The van der Waals surface area contributed by atoms with E-state index in [-0.39, 0.29) is 12.3 Å². The fourth-order valence-electron chi connectivity index (χ4n) is 4.45. The second kappa shape index (κ2) is 12.9. The third-order valence-electron chi connectivity index (χ3n) is 6.54. The first-order valence-electron chi connectivity index (χ1n) is 12.4. The predicted molar refractivity (Wildman–Crippen MR) is 139 cm³/mol. The fraction of sp³-hybridized carbons (Fsp3) is 0.440. The number of aliphatic hydroxyl groups is 3. The molecule has 2 amide bonds. The first kappa shape index (κ1) is 30.4. The van der Waals surface area contributed by atoms with Gasteiger partial charge < -0.3 is 45.3 Å². The van der Waals surface area contributed by atoms with Gasteiger partial charge in [-0.25, -0.2) is 4.79 Å². The Morgan fingerprint density at radius 1 is 1.17 bits per heavy atom. The van der Waals surface area contributed by atoms with Crippen LogP contribution in [-0.4, -0.2) is 93.3 Å². The molecular formula is C25H29ClN4O11. The highest BCUT2D eigenvalue weighted by atomic mass is 35.5. The molecule has 8 atom stereocenters. The van der Waals surface area contributed by atoms with Crippen molar-refractivity contribution in [2.75, 3.05) is 13.7 Å². The second-order valence-corrected chi connectivity index (χ2v) is 9.73. The van der Waals surface area contributed by atoms with Crippen molar-refractivity contribution in [2.24, 2.45) is 5.73 Å². The number of aromatic amines is 1. The number of methoxy groups -OCH3 is 1. The second-order valence-electron chi connectivity index (χ2n) is 9.29. The molecule has 0 unspecified atom stereocenters. The Labute approximate surface area is 237 Å². The highest BCUT2D eigenvalue weighted by molar-refractivity contribution is 6.30. The molecule has 2 aliphatic rings. The first-order valence-corrected chi connectivity index (χ1v) is 12.8. The number of benzene rings is 1. The van der Waals surface area contributed by atoms with E-state index in [0.717, 1.165) is 28.5 Å². The minimum atomic E-state index is -1.78. The van der Waals surface area contributed by atoms with Crippen molar-refractivity contribution in [1.82, 2.24) is 14.9 Å². The molecule has 0 aliphatic carbocycles. The van der Waals surface area contributed by atoms with Gasteiger partial charge in [0.05, 0.1) is 0 Å². The lowest BCUT2D eigenvalue weighted by molar-refractivity contribution is -0.241. The predicted octanol–water partition coefficient (Wildman–Crippen LogP) is -2.35. The normalized spacial score (nSPS) is 28.4. The summed E-state index contributed by atoms with van der Waals surface area (Å²) < 4.78 is 22.9. The molecule has 1 saturated heterocycles. The van der Waals surface area contributed by atoms with Crippen LogP contribution in [-0.2, 0) is 35.0 Å². The standard InChI is InChI=1S/C25H29ClN4O11/c1-38-18-17(34)23(30-9-7-15(32)29-25(30)37)40-19(18)20(21(27)35)41-24-16(33)13(31)10-14(39-24)22(36)28-8-6-11-2-4-12(26)5-3-11/h2-5,7,9-10,13,16-20,23-24,31,33-34H,6,8H2,1H3,(H2,27,35)(H,28,36)(H,29,32,37)/t13-,16-,17+,18-,19-,20+,23+,24+/m0/s1. The van der Waals surface area contributed by atoms with E-state index in [1.165, 1.54) is 7.11 Å². The van der Waals surface area contributed by atoms with Crippen LogP contribution in [0.15, 0.2) is 58.0 Å². The molecule has 15 nitrogen and oxygen atoms in total. The Morgan fingerprint density at radius 2 is 1.88 bits per heavy atom. The number of halogens is 1. The molecule has 0 spiro atoms. The van der Waals surface area contributed by atoms with E-state index < -0.39 is 72.2 Å². The molecule has 1 fully saturated rings. The first-order chi connectivity index (χ1) is 19.5. The topological polar surface area (TPSA) is 225 Å². The van der Waals surface area contributed by atoms with Crippen LogP contribution in [0.4, 0.5) is 0 Å². The Balaban J connectivity index is 1.46. The molecule has 0 radical (unpaired) electrons. The number of carbonyl (C=O) groups is 2. The number of nitrogens with zero attached hydrogens (tertiary/aromatic N) is 1. The molecular weight excluding hydrogens is 568 g/mol. The van der Waals surface area contributed by atoms with Crippen molar-refractivity contribution in [3.63, 3.8) is 0 Å². The van der Waals surface area contributed by atoms with Crippen molar-refractivity contribution >= 4 is 23.4 Å². The van der Waals surface area contributed by atoms with E-state index >= 15 is 0 Å². The minimum Gasteiger partial charge on any atom is -0.456 e. The molecule has 7 N–H and O–H groups in total. The van der Waals surface area contributed by atoms with Gasteiger partial charge in [-0.2, -0.15) is 0 Å². The van der Waals surface area contributed by atoms with Crippen LogP contribution in [0.5, 0.6) is 0 Å². The van der Waals surface area contributed by atoms with Gasteiger partial charge in [-0.1, -0.05) is 23.7 Å². The van der Waals surface area contributed by atoms with Gasteiger partial charge in [0.15, 0.2) is 18.1 Å². The Morgan fingerprint density at radius 3 is 2.51 bits per heavy atom. The maximum absolute atomic E-state index is 12.7. The summed E-state index contributed by atoms with van der Waals surface area (Å²) in [5.41, 5.74) is 4.85. The number of nitrogens with two attached hydrogens (primary N) is 1. The van der Waals surface area contributed by atoms with Crippen LogP contribution in [0, 0.1) is 0 Å². The van der Waals surface area contributed by atoms with Crippen LogP contribution in [0.1, 0.15) is 11.8 Å². The number of hydrogen-bond donors (Lipinski definition) is 6. The van der Waals surface area contributed by atoms with Crippen molar-refractivity contribution in [3.05, 3.63) is 79.8 Å². The summed E-state index contributed by atoms with van der Waals surface area (Å²) in [6, 6.07) is 8.04. The average molecular weight is 597 g/mol. The Bertz CT molecular complexity index is 1390. The van der Waals surface area contributed by atoms with Gasteiger partial charge in [0.2, 0.25) is 12.2 Å². The molecule has 3 heterocycles. The zero-order valence-corrected chi connectivity index (χ0v) is 22.3. The molecule has 222 valence electrons. The molecule has 0 saturated carbocycles. The molecule has 16 heteroatoms. The maximum Gasteiger partial charge on any atom is 0.330 e. The van der Waals surface area contributed by atoms with Crippen molar-refractivity contribution < 1.29 is 43.9 Å². The number of rotatable bonds is 10. The van der Waals surface area contributed by atoms with Crippen LogP contribution >= 0.6 is 11.6 Å². The quantitative estimate of drug-likeness (QED) is 0.170. The highest BCUT2D eigenvalue weighted by Gasteiger charge is 2.52. The molecule has 1 aromatic heterocycles. The highest BCUT2D eigenvalue weighted by Crippen LogP contribution is 2.34. The largest absolute Gasteiger partial charge is 0.456 e. The molecule has 4 rings (SSSR count). The summed E-state index contributed by atoms with van der Waals surface area (Å²) in [5.74, 6) is -2.25. The van der Waals surface area contributed by atoms with Crippen molar-refractivity contribution in [1.29, 1.82) is 0 Å². The lowest BCUT2D eigenvalue weighted by Gasteiger charge is -2.35. The summed E-state index contributed by atoms with van der Waals surface area (Å²) in [6.45, 7) is 0.198. The van der Waals surface area contributed by atoms with Gasteiger partial charge in [0.1, 0.15) is 30.5 Å². The fourth-order valence-corrected chi connectivity index (χ4v) is 4.57. The SMILES string of the molecule is CO[C@H]1[C@@H](O)[C@H](n2ccc(=O)[nH]c2=O)O[C@@H]1[C@@H](O[C@H]1OC(C(=O)NCCc2ccc(Cl)cc2)=C[C@H](O)[C@@H]1O)C(N)=O. The van der Waals surface area contributed by atoms with Crippen molar-refractivity contribution in [2.45, 2.75) is 55.6 Å². The number of primary amides is 1. The smallest absolute Gasteiger partial charge is 0.330 e. The number of nitrogens with one attached hydrogen (secondary N) is 2. The van der Waals surface area contributed by atoms with Crippen LogP contribution in [0.2, 0.25) is 5.02 Å². The zero-order valence-electron chi connectivity index (χ0n) is 21.6. The van der Waals surface area contributed by atoms with Crippen LogP contribution < -0.4 is 22.3 Å². The minimum absolute atomic E-state index is 0.198. The number of carbonyl (C=O) groups excluding carboxylic acids is 2.